The van der Waals surface area contributed by atoms with Gasteiger partial charge in [-0.1, -0.05) is 30.3 Å². The summed E-state index contributed by atoms with van der Waals surface area (Å²) in [5.74, 6) is -0.294. The third kappa shape index (κ3) is 2.31. The highest BCUT2D eigenvalue weighted by atomic mass is 32.1. The predicted octanol–water partition coefficient (Wildman–Crippen LogP) is 3.59. The van der Waals surface area contributed by atoms with E-state index in [1.807, 2.05) is 23.1 Å². The molecule has 2 aromatic rings. The van der Waals surface area contributed by atoms with E-state index < -0.39 is 0 Å². The van der Waals surface area contributed by atoms with Crippen molar-refractivity contribution in [2.45, 2.75) is 6.42 Å². The van der Waals surface area contributed by atoms with E-state index in [9.17, 15) is 4.39 Å². The molecule has 0 amide bonds. The number of anilines is 2. The fourth-order valence-corrected chi connectivity index (χ4v) is 2.59. The van der Waals surface area contributed by atoms with Crippen LogP contribution in [0.1, 0.15) is 5.56 Å². The van der Waals surface area contributed by atoms with Gasteiger partial charge in [-0.3, -0.25) is 0 Å². The van der Waals surface area contributed by atoms with Gasteiger partial charge in [0, 0.05) is 12.2 Å². The van der Waals surface area contributed by atoms with Crippen LogP contribution < -0.4 is 10.2 Å². The summed E-state index contributed by atoms with van der Waals surface area (Å²) in [4.78, 5) is 2.01. The molecule has 1 N–H and O–H groups in total. The number of fused-ring (bicyclic) bond motifs is 1. The molecule has 0 atom stereocenters. The van der Waals surface area contributed by atoms with Gasteiger partial charge in [0.05, 0.1) is 5.69 Å². The minimum atomic E-state index is -0.294. The lowest BCUT2D eigenvalue weighted by atomic mass is 10.2. The van der Waals surface area contributed by atoms with E-state index in [-0.39, 0.29) is 5.82 Å². The molecule has 0 radical (unpaired) electrons. The summed E-state index contributed by atoms with van der Waals surface area (Å²) in [5.41, 5.74) is 2.80. The van der Waals surface area contributed by atoms with Gasteiger partial charge in [0.2, 0.25) is 0 Å². The molecular weight excluding hydrogens is 259 g/mol. The van der Waals surface area contributed by atoms with Crippen molar-refractivity contribution >= 4 is 28.7 Å². The summed E-state index contributed by atoms with van der Waals surface area (Å²) in [7, 11) is 0. The van der Waals surface area contributed by atoms with Gasteiger partial charge in [-0.25, -0.2) is 4.39 Å². The van der Waals surface area contributed by atoms with Crippen LogP contribution in [-0.4, -0.2) is 11.7 Å². The van der Waals surface area contributed by atoms with Crippen molar-refractivity contribution in [3.05, 3.63) is 59.9 Å². The zero-order valence-electron chi connectivity index (χ0n) is 10.3. The second kappa shape index (κ2) is 4.97. The highest BCUT2D eigenvalue weighted by Crippen LogP contribution is 2.28. The lowest BCUT2D eigenvalue weighted by Gasteiger charge is -2.21. The predicted molar refractivity (Wildman–Crippen MR) is 80.1 cm³/mol. The van der Waals surface area contributed by atoms with Gasteiger partial charge in [0.1, 0.15) is 5.82 Å². The number of nitrogens with zero attached hydrogens (tertiary/aromatic N) is 1. The van der Waals surface area contributed by atoms with E-state index in [4.69, 9.17) is 12.2 Å². The first-order valence-electron chi connectivity index (χ1n) is 6.16. The first-order valence-corrected chi connectivity index (χ1v) is 6.57. The fraction of sp³-hybridized carbons (Fsp3) is 0.133. The number of thiocarbonyl (C=S) groups is 1. The molecule has 4 heteroatoms. The van der Waals surface area contributed by atoms with Crippen LogP contribution in [0.5, 0.6) is 0 Å². The molecule has 0 bridgehead atoms. The molecule has 0 saturated heterocycles. The van der Waals surface area contributed by atoms with Crippen molar-refractivity contribution in [3.8, 4) is 0 Å². The van der Waals surface area contributed by atoms with Crippen LogP contribution in [-0.2, 0) is 6.42 Å². The molecule has 0 unspecified atom stereocenters. The Kier molecular flexibility index (Phi) is 3.17. The second-order valence-electron chi connectivity index (χ2n) is 4.44. The van der Waals surface area contributed by atoms with Gasteiger partial charge < -0.3 is 10.2 Å². The van der Waals surface area contributed by atoms with Gasteiger partial charge in [0.25, 0.3) is 0 Å². The van der Waals surface area contributed by atoms with Crippen LogP contribution in [0.4, 0.5) is 15.8 Å². The highest BCUT2D eigenvalue weighted by Gasteiger charge is 2.21. The number of benzene rings is 2. The Morgan fingerprint density at radius 1 is 1.11 bits per heavy atom. The largest absolute Gasteiger partial charge is 0.330 e. The van der Waals surface area contributed by atoms with Crippen LogP contribution in [0, 0.1) is 5.82 Å². The summed E-state index contributed by atoms with van der Waals surface area (Å²) < 4.78 is 13.6. The van der Waals surface area contributed by atoms with Gasteiger partial charge in [-0.05, 0) is 42.4 Å². The lowest BCUT2D eigenvalue weighted by molar-refractivity contribution is 0.632. The Bertz CT molecular complexity index is 627. The van der Waals surface area contributed by atoms with Crippen molar-refractivity contribution in [1.82, 2.24) is 0 Å². The summed E-state index contributed by atoms with van der Waals surface area (Å²) >= 11 is 5.38. The smallest absolute Gasteiger partial charge is 0.178 e. The highest BCUT2D eigenvalue weighted by molar-refractivity contribution is 7.80. The van der Waals surface area contributed by atoms with Crippen LogP contribution in [0.2, 0.25) is 0 Å². The number of hydrogen-bond donors (Lipinski definition) is 1. The monoisotopic (exact) mass is 272 g/mol. The maximum atomic E-state index is 13.6. The average molecular weight is 272 g/mol. The van der Waals surface area contributed by atoms with Crippen LogP contribution in [0.15, 0.2) is 48.5 Å². The molecule has 3 rings (SSSR count). The number of nitrogens with one attached hydrogen (secondary N) is 1. The van der Waals surface area contributed by atoms with Crippen LogP contribution >= 0.6 is 12.2 Å². The summed E-state index contributed by atoms with van der Waals surface area (Å²) in [6.45, 7) is 0.833. The van der Waals surface area contributed by atoms with Crippen molar-refractivity contribution in [2.24, 2.45) is 0 Å². The molecule has 0 spiro atoms. The molecule has 2 aromatic carbocycles. The Hall–Kier alpha value is -1.94. The Labute approximate surface area is 116 Å². The first-order chi connectivity index (χ1) is 9.25. The Balaban J connectivity index is 1.81. The molecule has 0 aromatic heterocycles. The average Bonchev–Trinajstić information content (AvgIpc) is 2.85. The summed E-state index contributed by atoms with van der Waals surface area (Å²) in [6.07, 6.45) is 0.968. The van der Waals surface area contributed by atoms with Gasteiger partial charge >= 0.3 is 0 Å². The summed E-state index contributed by atoms with van der Waals surface area (Å²) in [6, 6.07) is 14.7. The maximum absolute atomic E-state index is 13.6. The first kappa shape index (κ1) is 12.1. The van der Waals surface area contributed by atoms with Crippen LogP contribution in [0.3, 0.4) is 0 Å². The molecule has 1 aliphatic rings. The zero-order chi connectivity index (χ0) is 13.2. The third-order valence-corrected chi connectivity index (χ3v) is 3.57. The molecule has 0 saturated carbocycles. The van der Waals surface area contributed by atoms with E-state index in [2.05, 4.69) is 11.4 Å². The normalized spacial score (nSPS) is 13.2. The van der Waals surface area contributed by atoms with E-state index in [0.717, 1.165) is 18.7 Å². The molecule has 2 nitrogen and oxygen atoms in total. The van der Waals surface area contributed by atoms with Crippen molar-refractivity contribution < 1.29 is 4.39 Å². The van der Waals surface area contributed by atoms with E-state index in [1.54, 1.807) is 18.2 Å². The topological polar surface area (TPSA) is 15.3 Å². The van der Waals surface area contributed by atoms with Crippen molar-refractivity contribution in [2.75, 3.05) is 16.8 Å². The number of halogens is 1. The number of para-hydroxylation sites is 2. The van der Waals surface area contributed by atoms with Gasteiger partial charge in [-0.15, -0.1) is 0 Å². The maximum Gasteiger partial charge on any atom is 0.178 e. The summed E-state index contributed by atoms with van der Waals surface area (Å²) in [5, 5.41) is 3.51. The standard InChI is InChI=1S/C15H13FN2S/c16-12-6-2-3-7-13(12)17-15(19)18-10-9-11-5-1-4-8-14(11)18/h1-8H,9-10H2,(H,17,19). The number of rotatable bonds is 1. The Morgan fingerprint density at radius 2 is 1.84 bits per heavy atom. The van der Waals surface area contributed by atoms with E-state index in [0.29, 0.717) is 10.8 Å². The molecule has 1 heterocycles. The molecule has 0 fully saturated rings. The van der Waals surface area contributed by atoms with E-state index in [1.165, 1.54) is 11.6 Å². The van der Waals surface area contributed by atoms with E-state index >= 15 is 0 Å². The Morgan fingerprint density at radius 3 is 2.68 bits per heavy atom. The molecular formula is C15H13FN2S. The fourth-order valence-electron chi connectivity index (χ4n) is 2.29. The molecule has 1 aliphatic heterocycles. The molecule has 96 valence electrons. The van der Waals surface area contributed by atoms with Gasteiger partial charge in [0.15, 0.2) is 5.11 Å². The minimum absolute atomic E-state index is 0.294. The van der Waals surface area contributed by atoms with Gasteiger partial charge in [-0.2, -0.15) is 0 Å². The second-order valence-corrected chi connectivity index (χ2v) is 4.83. The molecule has 19 heavy (non-hydrogen) atoms. The quantitative estimate of drug-likeness (QED) is 0.799. The SMILES string of the molecule is Fc1ccccc1NC(=S)N1CCc2ccccc21. The number of hydrogen-bond acceptors (Lipinski definition) is 1. The van der Waals surface area contributed by atoms with Crippen molar-refractivity contribution in [1.29, 1.82) is 0 Å². The minimum Gasteiger partial charge on any atom is -0.330 e. The molecule has 0 aliphatic carbocycles. The third-order valence-electron chi connectivity index (χ3n) is 3.25. The van der Waals surface area contributed by atoms with Crippen LogP contribution in [0.25, 0.3) is 0 Å². The lowest BCUT2D eigenvalue weighted by Crippen LogP contribution is -2.33. The van der Waals surface area contributed by atoms with Crippen molar-refractivity contribution in [3.63, 3.8) is 0 Å². The zero-order valence-corrected chi connectivity index (χ0v) is 11.1.